The van der Waals surface area contributed by atoms with Crippen LogP contribution >= 0.6 is 0 Å². The summed E-state index contributed by atoms with van der Waals surface area (Å²) in [6.07, 6.45) is 2.30. The smallest absolute Gasteiger partial charge is 0.194 e. The zero-order valence-corrected chi connectivity index (χ0v) is 13.9. The van der Waals surface area contributed by atoms with Crippen LogP contribution in [0.25, 0.3) is 10.8 Å². The Balaban J connectivity index is 1.69. The van der Waals surface area contributed by atoms with Crippen molar-refractivity contribution in [2.45, 2.75) is 39.3 Å². The molecule has 0 atom stereocenters. The topological polar surface area (TPSA) is 47.9 Å². The SMILES string of the molecule is CCC(CC)N1CCN=C1NCc1ccc2cc(O)ccc2c1. The Kier molecular flexibility index (Phi) is 4.70. The van der Waals surface area contributed by atoms with Gasteiger partial charge in [-0.2, -0.15) is 0 Å². The zero-order valence-electron chi connectivity index (χ0n) is 13.9. The first-order chi connectivity index (χ1) is 11.2. The van der Waals surface area contributed by atoms with E-state index in [0.29, 0.717) is 11.8 Å². The van der Waals surface area contributed by atoms with E-state index in [2.05, 4.69) is 47.3 Å². The molecule has 2 aromatic rings. The average molecular weight is 311 g/mol. The van der Waals surface area contributed by atoms with E-state index < -0.39 is 0 Å². The van der Waals surface area contributed by atoms with Gasteiger partial charge in [-0.1, -0.05) is 32.0 Å². The Labute approximate surface area is 137 Å². The summed E-state index contributed by atoms with van der Waals surface area (Å²) >= 11 is 0. The third-order valence-electron chi connectivity index (χ3n) is 4.60. The number of benzene rings is 2. The molecule has 4 heteroatoms. The first-order valence-electron chi connectivity index (χ1n) is 8.48. The molecule has 0 radical (unpaired) electrons. The minimum Gasteiger partial charge on any atom is -0.508 e. The normalized spacial score (nSPS) is 14.6. The van der Waals surface area contributed by atoms with Crippen molar-refractivity contribution < 1.29 is 5.11 Å². The molecule has 0 aromatic heterocycles. The average Bonchev–Trinajstić information content (AvgIpc) is 3.02. The van der Waals surface area contributed by atoms with E-state index in [-0.39, 0.29) is 0 Å². The van der Waals surface area contributed by atoms with Crippen molar-refractivity contribution in [3.8, 4) is 5.75 Å². The fourth-order valence-corrected chi connectivity index (χ4v) is 3.28. The van der Waals surface area contributed by atoms with Crippen LogP contribution in [0.4, 0.5) is 0 Å². The fraction of sp³-hybridized carbons (Fsp3) is 0.421. The zero-order chi connectivity index (χ0) is 16.2. The van der Waals surface area contributed by atoms with Gasteiger partial charge in [0.05, 0.1) is 6.54 Å². The molecule has 1 heterocycles. The Morgan fingerprint density at radius 1 is 1.13 bits per heavy atom. The Morgan fingerprint density at radius 2 is 1.87 bits per heavy atom. The number of rotatable bonds is 5. The van der Waals surface area contributed by atoms with E-state index in [0.717, 1.165) is 49.2 Å². The van der Waals surface area contributed by atoms with E-state index >= 15 is 0 Å². The molecule has 0 spiro atoms. The molecule has 0 fully saturated rings. The number of phenolic OH excluding ortho intramolecular Hbond substituents is 1. The van der Waals surface area contributed by atoms with E-state index in [1.807, 2.05) is 6.07 Å². The predicted molar refractivity (Wildman–Crippen MR) is 95.8 cm³/mol. The van der Waals surface area contributed by atoms with Gasteiger partial charge in [-0.15, -0.1) is 0 Å². The second kappa shape index (κ2) is 6.90. The van der Waals surface area contributed by atoms with Gasteiger partial charge in [0.25, 0.3) is 0 Å². The molecule has 0 bridgehead atoms. The van der Waals surface area contributed by atoms with Crippen molar-refractivity contribution in [2.75, 3.05) is 13.1 Å². The van der Waals surface area contributed by atoms with Crippen molar-refractivity contribution in [3.05, 3.63) is 42.0 Å². The highest BCUT2D eigenvalue weighted by molar-refractivity contribution is 5.85. The van der Waals surface area contributed by atoms with E-state index in [9.17, 15) is 5.11 Å². The van der Waals surface area contributed by atoms with Gasteiger partial charge in [-0.3, -0.25) is 4.99 Å². The maximum Gasteiger partial charge on any atom is 0.194 e. The summed E-state index contributed by atoms with van der Waals surface area (Å²) in [7, 11) is 0. The van der Waals surface area contributed by atoms with Crippen LogP contribution in [-0.4, -0.2) is 35.1 Å². The van der Waals surface area contributed by atoms with Gasteiger partial charge in [-0.25, -0.2) is 0 Å². The number of hydrogen-bond donors (Lipinski definition) is 2. The minimum atomic E-state index is 0.310. The van der Waals surface area contributed by atoms with Crippen molar-refractivity contribution in [1.29, 1.82) is 0 Å². The van der Waals surface area contributed by atoms with Crippen LogP contribution in [0.15, 0.2) is 41.4 Å². The first kappa shape index (κ1) is 15.7. The lowest BCUT2D eigenvalue weighted by molar-refractivity contribution is 0.309. The number of hydrogen-bond acceptors (Lipinski definition) is 4. The van der Waals surface area contributed by atoms with Crippen LogP contribution in [0.1, 0.15) is 32.3 Å². The predicted octanol–water partition coefficient (Wildman–Crippen LogP) is 3.50. The maximum absolute atomic E-state index is 9.54. The lowest BCUT2D eigenvalue weighted by Gasteiger charge is -2.29. The molecule has 2 aromatic carbocycles. The molecule has 2 N–H and O–H groups in total. The molecular formula is C19H25N3O. The van der Waals surface area contributed by atoms with Crippen molar-refractivity contribution in [2.24, 2.45) is 4.99 Å². The Morgan fingerprint density at radius 3 is 2.65 bits per heavy atom. The molecule has 23 heavy (non-hydrogen) atoms. The van der Waals surface area contributed by atoms with Gasteiger partial charge in [0.1, 0.15) is 5.75 Å². The van der Waals surface area contributed by atoms with Gasteiger partial charge in [0, 0.05) is 19.1 Å². The van der Waals surface area contributed by atoms with Gasteiger partial charge >= 0.3 is 0 Å². The maximum atomic E-state index is 9.54. The molecule has 3 rings (SSSR count). The Bertz CT molecular complexity index is 707. The Hall–Kier alpha value is -2.23. The van der Waals surface area contributed by atoms with Gasteiger partial charge in [-0.05, 0) is 47.4 Å². The van der Waals surface area contributed by atoms with Crippen molar-refractivity contribution in [3.63, 3.8) is 0 Å². The summed E-state index contributed by atoms with van der Waals surface area (Å²) in [5.41, 5.74) is 1.22. The van der Waals surface area contributed by atoms with E-state index in [1.165, 1.54) is 5.56 Å². The summed E-state index contributed by atoms with van der Waals surface area (Å²) in [4.78, 5) is 7.02. The molecule has 0 unspecified atom stereocenters. The van der Waals surface area contributed by atoms with Crippen LogP contribution in [0.3, 0.4) is 0 Å². The lowest BCUT2D eigenvalue weighted by Crippen LogP contribution is -2.44. The van der Waals surface area contributed by atoms with Crippen molar-refractivity contribution >= 4 is 16.7 Å². The van der Waals surface area contributed by atoms with Crippen molar-refractivity contribution in [1.82, 2.24) is 10.2 Å². The number of fused-ring (bicyclic) bond motifs is 1. The third-order valence-corrected chi connectivity index (χ3v) is 4.60. The molecule has 0 amide bonds. The highest BCUT2D eigenvalue weighted by Gasteiger charge is 2.22. The molecule has 1 aliphatic rings. The monoisotopic (exact) mass is 311 g/mol. The number of phenols is 1. The lowest BCUT2D eigenvalue weighted by atomic mass is 10.1. The number of guanidine groups is 1. The molecule has 0 saturated heterocycles. The van der Waals surface area contributed by atoms with E-state index in [4.69, 9.17) is 0 Å². The molecule has 122 valence electrons. The highest BCUT2D eigenvalue weighted by Crippen LogP contribution is 2.21. The summed E-state index contributed by atoms with van der Waals surface area (Å²) in [5, 5.41) is 15.2. The van der Waals surface area contributed by atoms with Crippen LogP contribution in [0.2, 0.25) is 0 Å². The number of nitrogens with one attached hydrogen (secondary N) is 1. The van der Waals surface area contributed by atoms with Gasteiger partial charge < -0.3 is 15.3 Å². The van der Waals surface area contributed by atoms with Crippen LogP contribution in [-0.2, 0) is 6.54 Å². The standard InChI is InChI=1S/C19H25N3O/c1-3-17(4-2)22-10-9-20-19(22)21-13-14-5-6-16-12-18(23)8-7-15(16)11-14/h5-8,11-12,17,23H,3-4,9-10,13H2,1-2H3,(H,20,21). The van der Waals surface area contributed by atoms with Crippen LogP contribution in [0, 0.1) is 0 Å². The van der Waals surface area contributed by atoms with Crippen LogP contribution in [0.5, 0.6) is 5.75 Å². The number of nitrogens with zero attached hydrogens (tertiary/aromatic N) is 2. The van der Waals surface area contributed by atoms with Gasteiger partial charge in [0.2, 0.25) is 0 Å². The second-order valence-electron chi connectivity index (χ2n) is 6.09. The molecule has 1 aliphatic heterocycles. The quantitative estimate of drug-likeness (QED) is 0.888. The minimum absolute atomic E-state index is 0.310. The van der Waals surface area contributed by atoms with E-state index in [1.54, 1.807) is 12.1 Å². The highest BCUT2D eigenvalue weighted by atomic mass is 16.3. The van der Waals surface area contributed by atoms with Crippen LogP contribution < -0.4 is 5.32 Å². The third kappa shape index (κ3) is 3.41. The fourth-order valence-electron chi connectivity index (χ4n) is 3.28. The number of aromatic hydroxyl groups is 1. The molecule has 0 aliphatic carbocycles. The summed E-state index contributed by atoms with van der Waals surface area (Å²) in [5.74, 6) is 1.34. The molecule has 4 nitrogen and oxygen atoms in total. The van der Waals surface area contributed by atoms with Gasteiger partial charge in [0.15, 0.2) is 5.96 Å². The summed E-state index contributed by atoms with van der Waals surface area (Å²) in [6.45, 7) is 7.15. The number of aliphatic imine (C=N–C) groups is 1. The molecular weight excluding hydrogens is 286 g/mol. The molecule has 0 saturated carbocycles. The first-order valence-corrected chi connectivity index (χ1v) is 8.48. The second-order valence-corrected chi connectivity index (χ2v) is 6.09. The summed E-state index contributed by atoms with van der Waals surface area (Å²) in [6, 6.07) is 12.4. The summed E-state index contributed by atoms with van der Waals surface area (Å²) < 4.78 is 0. The largest absolute Gasteiger partial charge is 0.508 e.